The van der Waals surface area contributed by atoms with Crippen LogP contribution in [0.25, 0.3) is 0 Å². The van der Waals surface area contributed by atoms with Gasteiger partial charge in [-0.1, -0.05) is 46.4 Å². The van der Waals surface area contributed by atoms with Gasteiger partial charge in [0.15, 0.2) is 0 Å². The van der Waals surface area contributed by atoms with Crippen LogP contribution in [0.2, 0.25) is 0 Å². The minimum absolute atomic E-state index is 0.151. The van der Waals surface area contributed by atoms with Crippen molar-refractivity contribution in [3.63, 3.8) is 0 Å². The molecule has 1 rings (SSSR count). The highest BCUT2D eigenvalue weighted by Gasteiger charge is 2.43. The molecule has 0 spiro atoms. The summed E-state index contributed by atoms with van der Waals surface area (Å²) in [6, 6.07) is 0. The molecule has 0 radical (unpaired) electrons. The Bertz CT molecular complexity index is 320. The third-order valence-electron chi connectivity index (χ3n) is 1.62. The Morgan fingerprint density at radius 2 is 1.46 bits per heavy atom. The van der Waals surface area contributed by atoms with Crippen LogP contribution >= 0.6 is 58.0 Å². The van der Waals surface area contributed by atoms with Crippen LogP contribution in [0.5, 0.6) is 0 Å². The molecule has 0 aromatic carbocycles. The lowest BCUT2D eigenvalue weighted by atomic mass is 10.1. The maximum atomic E-state index is 6.07. The molecule has 0 nitrogen and oxygen atoms in total. The van der Waals surface area contributed by atoms with Gasteiger partial charge in [0.25, 0.3) is 0 Å². The fraction of sp³-hybridized carbons (Fsp3) is 0.250. The van der Waals surface area contributed by atoms with E-state index in [0.29, 0.717) is 0 Å². The Kier molecular flexibility index (Phi) is 3.49. The molecule has 0 unspecified atom stereocenters. The second-order valence-electron chi connectivity index (χ2n) is 2.44. The summed E-state index contributed by atoms with van der Waals surface area (Å²) >= 11 is 29.3. The highest BCUT2D eigenvalue weighted by atomic mass is 35.5. The first-order chi connectivity index (χ1) is 5.95. The molecule has 0 N–H and O–H groups in total. The van der Waals surface area contributed by atoms with Gasteiger partial charge in [0, 0.05) is 6.42 Å². The van der Waals surface area contributed by atoms with E-state index >= 15 is 0 Å². The first-order valence-electron chi connectivity index (χ1n) is 3.19. The monoisotopic (exact) mass is 274 g/mol. The number of hydrogen-bond donors (Lipinski definition) is 0. The molecule has 0 aromatic rings. The van der Waals surface area contributed by atoms with E-state index in [0.717, 1.165) is 0 Å². The summed E-state index contributed by atoms with van der Waals surface area (Å²) in [6.45, 7) is 0. The van der Waals surface area contributed by atoms with E-state index in [2.05, 4.69) is 5.92 Å². The SMILES string of the molecule is C#CCC1(Cl)C(Cl)=C(Cl)C(Cl)=C1Cl. The van der Waals surface area contributed by atoms with Gasteiger partial charge in [-0.25, -0.2) is 0 Å². The van der Waals surface area contributed by atoms with Gasteiger partial charge in [-0.15, -0.1) is 23.9 Å². The summed E-state index contributed by atoms with van der Waals surface area (Å²) < 4.78 is 0. The number of allylic oxidation sites excluding steroid dienone is 4. The standard InChI is InChI=1S/C8H3Cl5/c1-2-3-8(13)6(11)4(9)5(10)7(8)12/h1H,3H2. The van der Waals surface area contributed by atoms with Crippen LogP contribution in [0.4, 0.5) is 0 Å². The van der Waals surface area contributed by atoms with Gasteiger partial charge in [-0.2, -0.15) is 0 Å². The maximum Gasteiger partial charge on any atom is 0.129 e. The largest absolute Gasteiger partial charge is 0.129 e. The zero-order chi connectivity index (χ0) is 10.2. The molecule has 1 aliphatic rings. The van der Waals surface area contributed by atoms with Gasteiger partial charge >= 0.3 is 0 Å². The highest BCUT2D eigenvalue weighted by molar-refractivity contribution is 6.58. The topological polar surface area (TPSA) is 0 Å². The van der Waals surface area contributed by atoms with Crippen molar-refractivity contribution in [2.24, 2.45) is 0 Å². The molecule has 0 aliphatic heterocycles. The van der Waals surface area contributed by atoms with Gasteiger partial charge in [0.1, 0.15) is 4.87 Å². The molecule has 70 valence electrons. The maximum absolute atomic E-state index is 6.07. The molecular weight excluding hydrogens is 273 g/mol. The summed E-state index contributed by atoms with van der Waals surface area (Å²) in [5, 5.41) is 0.699. The number of rotatable bonds is 1. The fourth-order valence-electron chi connectivity index (χ4n) is 0.933. The predicted octanol–water partition coefficient (Wildman–Crippen LogP) is 4.38. The van der Waals surface area contributed by atoms with E-state index in [4.69, 9.17) is 64.4 Å². The van der Waals surface area contributed by atoms with Gasteiger partial charge in [0.05, 0.1) is 20.1 Å². The molecule has 13 heavy (non-hydrogen) atoms. The normalized spacial score (nSPS) is 20.9. The van der Waals surface area contributed by atoms with Crippen molar-refractivity contribution in [3.8, 4) is 12.3 Å². The van der Waals surface area contributed by atoms with Crippen LogP contribution in [-0.4, -0.2) is 4.87 Å². The van der Waals surface area contributed by atoms with Gasteiger partial charge in [0.2, 0.25) is 0 Å². The number of hydrogen-bond acceptors (Lipinski definition) is 0. The summed E-state index contributed by atoms with van der Waals surface area (Å²) in [6.07, 6.45) is 5.28. The molecule has 0 heterocycles. The van der Waals surface area contributed by atoms with Crippen molar-refractivity contribution in [2.45, 2.75) is 11.3 Å². The Labute approximate surface area is 101 Å². The number of terminal acetylenes is 1. The van der Waals surface area contributed by atoms with E-state index < -0.39 is 4.87 Å². The first kappa shape index (κ1) is 11.6. The molecular formula is C8H3Cl5. The first-order valence-corrected chi connectivity index (χ1v) is 5.08. The second kappa shape index (κ2) is 3.93. The molecule has 5 heteroatoms. The van der Waals surface area contributed by atoms with Crippen LogP contribution in [0, 0.1) is 12.3 Å². The lowest BCUT2D eigenvalue weighted by molar-refractivity contribution is 0.878. The summed E-state index contributed by atoms with van der Waals surface area (Å²) in [7, 11) is 0. The Morgan fingerprint density at radius 3 is 1.77 bits per heavy atom. The van der Waals surface area contributed by atoms with E-state index in [1.54, 1.807) is 0 Å². The average Bonchev–Trinajstić information content (AvgIpc) is 2.23. The zero-order valence-electron chi connectivity index (χ0n) is 6.17. The van der Waals surface area contributed by atoms with Gasteiger partial charge < -0.3 is 0 Å². The molecule has 0 fully saturated rings. The lowest BCUT2D eigenvalue weighted by Gasteiger charge is -2.19. The van der Waals surface area contributed by atoms with E-state index in [9.17, 15) is 0 Å². The van der Waals surface area contributed by atoms with Crippen molar-refractivity contribution in [2.75, 3.05) is 0 Å². The third-order valence-corrected chi connectivity index (χ3v) is 4.39. The Balaban J connectivity index is 3.24. The van der Waals surface area contributed by atoms with Crippen LogP contribution in [0.1, 0.15) is 6.42 Å². The minimum atomic E-state index is -1.13. The van der Waals surface area contributed by atoms with Crippen molar-refractivity contribution in [1.29, 1.82) is 0 Å². The smallest absolute Gasteiger partial charge is 0.120 e. The van der Waals surface area contributed by atoms with Crippen molar-refractivity contribution < 1.29 is 0 Å². The van der Waals surface area contributed by atoms with Crippen molar-refractivity contribution in [3.05, 3.63) is 20.1 Å². The van der Waals surface area contributed by atoms with Gasteiger partial charge in [-0.3, -0.25) is 0 Å². The van der Waals surface area contributed by atoms with Crippen molar-refractivity contribution in [1.82, 2.24) is 0 Å². The van der Waals surface area contributed by atoms with Gasteiger partial charge in [-0.05, 0) is 0 Å². The molecule has 0 saturated carbocycles. The van der Waals surface area contributed by atoms with Crippen LogP contribution in [0.3, 0.4) is 0 Å². The summed E-state index contributed by atoms with van der Waals surface area (Å²) in [5.74, 6) is 2.37. The lowest BCUT2D eigenvalue weighted by Crippen LogP contribution is -2.19. The molecule has 0 bridgehead atoms. The summed E-state index contributed by atoms with van der Waals surface area (Å²) in [5.41, 5.74) is 0. The molecule has 0 atom stereocenters. The molecule has 1 aliphatic carbocycles. The quantitative estimate of drug-likeness (QED) is 0.492. The summed E-state index contributed by atoms with van der Waals surface area (Å²) in [4.78, 5) is -1.13. The van der Waals surface area contributed by atoms with E-state index in [1.165, 1.54) is 0 Å². The molecule has 0 saturated heterocycles. The van der Waals surface area contributed by atoms with E-state index in [1.807, 2.05) is 0 Å². The van der Waals surface area contributed by atoms with E-state index in [-0.39, 0.29) is 26.5 Å². The second-order valence-corrected chi connectivity index (χ2v) is 4.60. The predicted molar refractivity (Wildman–Crippen MR) is 59.5 cm³/mol. The minimum Gasteiger partial charge on any atom is -0.120 e. The van der Waals surface area contributed by atoms with Crippen LogP contribution < -0.4 is 0 Å². The molecule has 0 aromatic heterocycles. The highest BCUT2D eigenvalue weighted by Crippen LogP contribution is 2.52. The number of alkyl halides is 1. The third kappa shape index (κ3) is 1.69. The number of halogens is 5. The fourth-order valence-corrected chi connectivity index (χ4v) is 2.46. The van der Waals surface area contributed by atoms with Crippen LogP contribution in [-0.2, 0) is 0 Å². The molecule has 0 amide bonds. The van der Waals surface area contributed by atoms with Crippen molar-refractivity contribution >= 4 is 58.0 Å². The Morgan fingerprint density at radius 1 is 1.08 bits per heavy atom. The zero-order valence-corrected chi connectivity index (χ0v) is 9.95. The average molecular weight is 276 g/mol. The Hall–Kier alpha value is 0.490. The van der Waals surface area contributed by atoms with Crippen LogP contribution in [0.15, 0.2) is 20.1 Å².